The maximum atomic E-state index is 12.2. The van der Waals surface area contributed by atoms with Crippen molar-refractivity contribution in [3.05, 3.63) is 11.6 Å². The van der Waals surface area contributed by atoms with Crippen molar-refractivity contribution in [1.82, 2.24) is 0 Å². The molecule has 4 nitrogen and oxygen atoms in total. The van der Waals surface area contributed by atoms with Crippen LogP contribution in [0, 0.1) is 0 Å². The Hall–Kier alpha value is -0.436. The monoisotopic (exact) mass is 400 g/mol. The van der Waals surface area contributed by atoms with Crippen LogP contribution in [0.5, 0.6) is 0 Å². The van der Waals surface area contributed by atoms with E-state index >= 15 is 0 Å². The van der Waals surface area contributed by atoms with Crippen molar-refractivity contribution in [2.45, 2.75) is 103 Å². The molecule has 0 N–H and O–H groups in total. The summed E-state index contributed by atoms with van der Waals surface area (Å²) in [5.74, 6) is -0.266. The Labute approximate surface area is 162 Å². The molecule has 0 aliphatic heterocycles. The Morgan fingerprint density at radius 3 is 1.85 bits per heavy atom. The summed E-state index contributed by atoms with van der Waals surface area (Å²) >= 11 is 0. The van der Waals surface area contributed by atoms with Gasteiger partial charge in [-0.15, -0.1) is 0 Å². The fourth-order valence-electron chi connectivity index (χ4n) is 2.55. The van der Waals surface area contributed by atoms with Gasteiger partial charge < -0.3 is 13.6 Å². The van der Waals surface area contributed by atoms with Gasteiger partial charge in [0.05, 0.1) is 19.3 Å². The van der Waals surface area contributed by atoms with E-state index in [9.17, 15) is 4.79 Å². The lowest BCUT2D eigenvalue weighted by Crippen LogP contribution is -2.48. The number of rotatable bonds is 5. The fourth-order valence-corrected chi connectivity index (χ4v) is 5.19. The van der Waals surface area contributed by atoms with Crippen LogP contribution in [0.2, 0.25) is 36.3 Å². The van der Waals surface area contributed by atoms with Gasteiger partial charge in [-0.1, -0.05) is 41.5 Å². The predicted molar refractivity (Wildman–Crippen MR) is 113 cm³/mol. The largest absolute Gasteiger partial charge is 0.466 e. The van der Waals surface area contributed by atoms with E-state index in [1.807, 2.05) is 6.08 Å². The molecule has 1 aliphatic rings. The minimum Gasteiger partial charge on any atom is -0.466 e. The molecule has 0 heterocycles. The third-order valence-corrected chi connectivity index (χ3v) is 15.3. The number of hydrogen-bond acceptors (Lipinski definition) is 4. The minimum atomic E-state index is -1.93. The maximum Gasteiger partial charge on any atom is 0.333 e. The van der Waals surface area contributed by atoms with Gasteiger partial charge in [0, 0.05) is 18.4 Å². The van der Waals surface area contributed by atoms with E-state index in [0.29, 0.717) is 12.0 Å². The second-order valence-corrected chi connectivity index (χ2v) is 20.1. The number of esters is 1. The first-order chi connectivity index (χ1) is 11.5. The summed E-state index contributed by atoms with van der Waals surface area (Å²) in [6.07, 6.45) is 3.30. The molecule has 2 atom stereocenters. The van der Waals surface area contributed by atoms with Crippen molar-refractivity contribution in [3.8, 4) is 0 Å². The van der Waals surface area contributed by atoms with Gasteiger partial charge in [0.1, 0.15) is 0 Å². The molecule has 0 fully saturated rings. The normalized spacial score (nSPS) is 22.8. The van der Waals surface area contributed by atoms with Crippen LogP contribution >= 0.6 is 0 Å². The van der Waals surface area contributed by atoms with Crippen LogP contribution in [-0.4, -0.2) is 41.9 Å². The SMILES string of the molecule is COC(=O)C1=C[C@@H](O[Si](C)(C)C(C)(C)C)C[C@H](O[Si](C)(C)C(C)(C)C)C1. The van der Waals surface area contributed by atoms with Crippen molar-refractivity contribution >= 4 is 22.6 Å². The minimum absolute atomic E-state index is 0.00441. The Kier molecular flexibility index (Phi) is 7.17. The van der Waals surface area contributed by atoms with Crippen molar-refractivity contribution in [2.24, 2.45) is 0 Å². The predicted octanol–water partition coefficient (Wildman–Crippen LogP) is 5.66. The lowest BCUT2D eigenvalue weighted by atomic mass is 9.95. The van der Waals surface area contributed by atoms with Crippen molar-refractivity contribution in [1.29, 1.82) is 0 Å². The Bertz CT molecular complexity index is 539. The fraction of sp³-hybridized carbons (Fsp3) is 0.850. The van der Waals surface area contributed by atoms with E-state index in [1.165, 1.54) is 7.11 Å². The quantitative estimate of drug-likeness (QED) is 0.441. The summed E-state index contributed by atoms with van der Waals surface area (Å²) in [6.45, 7) is 22.4. The van der Waals surface area contributed by atoms with Crippen molar-refractivity contribution < 1.29 is 18.4 Å². The molecule has 0 amide bonds. The Morgan fingerprint density at radius 1 is 0.962 bits per heavy atom. The van der Waals surface area contributed by atoms with Gasteiger partial charge in [0.25, 0.3) is 0 Å². The number of ether oxygens (including phenoxy) is 1. The highest BCUT2D eigenvalue weighted by molar-refractivity contribution is 6.74. The molecule has 1 aliphatic carbocycles. The van der Waals surface area contributed by atoms with Crippen LogP contribution in [0.1, 0.15) is 54.4 Å². The molecule has 0 saturated carbocycles. The summed E-state index contributed by atoms with van der Waals surface area (Å²) in [5, 5.41) is 0.259. The third kappa shape index (κ3) is 5.78. The van der Waals surface area contributed by atoms with Gasteiger partial charge in [-0.25, -0.2) is 4.79 Å². The average Bonchev–Trinajstić information content (AvgIpc) is 2.42. The molecule has 0 saturated heterocycles. The van der Waals surface area contributed by atoms with Crippen LogP contribution in [0.3, 0.4) is 0 Å². The lowest BCUT2D eigenvalue weighted by Gasteiger charge is -2.43. The average molecular weight is 401 g/mol. The number of carbonyl (C=O) groups excluding carboxylic acids is 1. The second kappa shape index (κ2) is 7.90. The standard InChI is InChI=1S/C20H40O4Si2/c1-19(2,3)25(8,9)23-16-12-15(18(21)22-7)13-17(14-16)24-26(10,11)20(4,5)6/h12,16-17H,13-14H2,1-11H3/t16-,17-/m1/s1. The molecule has 0 unspecified atom stereocenters. The Morgan fingerprint density at radius 2 is 1.42 bits per heavy atom. The third-order valence-electron chi connectivity index (χ3n) is 6.30. The van der Waals surface area contributed by atoms with Crippen molar-refractivity contribution in [3.63, 3.8) is 0 Å². The smallest absolute Gasteiger partial charge is 0.333 e. The zero-order valence-electron chi connectivity index (χ0n) is 18.8. The zero-order valence-corrected chi connectivity index (χ0v) is 20.8. The number of hydrogen-bond donors (Lipinski definition) is 0. The molecule has 26 heavy (non-hydrogen) atoms. The van der Waals surface area contributed by atoms with Gasteiger partial charge >= 0.3 is 5.97 Å². The van der Waals surface area contributed by atoms with E-state index < -0.39 is 16.6 Å². The molecule has 0 aromatic heterocycles. The summed E-state index contributed by atoms with van der Waals surface area (Å²) in [6, 6.07) is 0. The van der Waals surface area contributed by atoms with E-state index in [4.69, 9.17) is 13.6 Å². The molecule has 0 bridgehead atoms. The van der Waals surface area contributed by atoms with Crippen LogP contribution < -0.4 is 0 Å². The molecule has 0 aromatic carbocycles. The highest BCUT2D eigenvalue weighted by Gasteiger charge is 2.43. The molecule has 152 valence electrons. The van der Waals surface area contributed by atoms with Gasteiger partial charge in [0.2, 0.25) is 0 Å². The van der Waals surface area contributed by atoms with Crippen LogP contribution in [0.25, 0.3) is 0 Å². The van der Waals surface area contributed by atoms with E-state index in [2.05, 4.69) is 67.7 Å². The first kappa shape index (κ1) is 23.6. The summed E-state index contributed by atoms with van der Waals surface area (Å²) in [4.78, 5) is 12.2. The van der Waals surface area contributed by atoms with Crippen LogP contribution in [0.15, 0.2) is 11.6 Å². The number of methoxy groups -OCH3 is 1. The van der Waals surface area contributed by atoms with E-state index in [1.54, 1.807) is 0 Å². The van der Waals surface area contributed by atoms with E-state index in [-0.39, 0.29) is 28.3 Å². The second-order valence-electron chi connectivity index (χ2n) is 10.5. The lowest BCUT2D eigenvalue weighted by molar-refractivity contribution is -0.136. The van der Waals surface area contributed by atoms with Gasteiger partial charge in [-0.05, 0) is 42.3 Å². The zero-order chi connectivity index (χ0) is 20.6. The molecule has 1 rings (SSSR count). The highest BCUT2D eigenvalue weighted by atomic mass is 28.4. The summed E-state index contributed by atoms with van der Waals surface area (Å²) in [7, 11) is -2.41. The summed E-state index contributed by atoms with van der Waals surface area (Å²) in [5.41, 5.74) is 0.686. The molecular formula is C20H40O4Si2. The first-order valence-corrected chi connectivity index (χ1v) is 15.5. The van der Waals surface area contributed by atoms with Gasteiger partial charge in [-0.2, -0.15) is 0 Å². The summed E-state index contributed by atoms with van der Waals surface area (Å²) < 4.78 is 18.2. The van der Waals surface area contributed by atoms with Gasteiger partial charge in [0.15, 0.2) is 16.6 Å². The molecule has 0 spiro atoms. The molecule has 6 heteroatoms. The van der Waals surface area contributed by atoms with Crippen molar-refractivity contribution in [2.75, 3.05) is 7.11 Å². The van der Waals surface area contributed by atoms with Gasteiger partial charge in [-0.3, -0.25) is 0 Å². The maximum absolute atomic E-state index is 12.2. The highest BCUT2D eigenvalue weighted by Crippen LogP contribution is 2.41. The van der Waals surface area contributed by atoms with Crippen LogP contribution in [-0.2, 0) is 18.4 Å². The first-order valence-electron chi connectivity index (χ1n) is 9.65. The topological polar surface area (TPSA) is 44.8 Å². The number of carbonyl (C=O) groups is 1. The molecular weight excluding hydrogens is 360 g/mol. The van der Waals surface area contributed by atoms with E-state index in [0.717, 1.165) is 6.42 Å². The van der Waals surface area contributed by atoms with Crippen LogP contribution in [0.4, 0.5) is 0 Å². The molecule has 0 aromatic rings. The molecule has 0 radical (unpaired) electrons. The Balaban J connectivity index is 3.06.